The first-order valence-electron chi connectivity index (χ1n) is 5.68. The number of carbonyl (C=O) groups excluding carboxylic acids is 2. The zero-order chi connectivity index (χ0) is 13.8. The normalized spacial score (nSPS) is 9.95. The van der Waals surface area contributed by atoms with Crippen LogP contribution in [0, 0.1) is 0 Å². The molecule has 2 aromatic carbocycles. The second-order valence-electron chi connectivity index (χ2n) is 4.02. The van der Waals surface area contributed by atoms with Gasteiger partial charge < -0.3 is 9.84 Å². The van der Waals surface area contributed by atoms with Crippen molar-refractivity contribution in [1.82, 2.24) is 0 Å². The third kappa shape index (κ3) is 3.19. The zero-order valence-corrected chi connectivity index (χ0v) is 10.3. The molecule has 0 amide bonds. The molecule has 0 unspecified atom stereocenters. The van der Waals surface area contributed by atoms with Gasteiger partial charge in [-0.25, -0.2) is 4.79 Å². The van der Waals surface area contributed by atoms with Crippen LogP contribution in [0.5, 0.6) is 11.5 Å². The minimum atomic E-state index is -0.547. The Labute approximate surface area is 110 Å². The molecule has 96 valence electrons. The summed E-state index contributed by atoms with van der Waals surface area (Å²) in [4.78, 5) is 23.1. The number of benzene rings is 2. The Hall–Kier alpha value is -2.62. The van der Waals surface area contributed by atoms with Crippen LogP contribution in [0.25, 0.3) is 0 Å². The van der Waals surface area contributed by atoms with Crippen molar-refractivity contribution >= 4 is 11.8 Å². The van der Waals surface area contributed by atoms with Crippen LogP contribution in [-0.2, 0) is 0 Å². The molecule has 0 saturated heterocycles. The van der Waals surface area contributed by atoms with E-state index < -0.39 is 5.97 Å². The van der Waals surface area contributed by atoms with E-state index in [0.717, 1.165) is 0 Å². The number of carbonyl (C=O) groups is 2. The highest BCUT2D eigenvalue weighted by molar-refractivity contribution is 5.98. The van der Waals surface area contributed by atoms with Crippen molar-refractivity contribution in [2.24, 2.45) is 0 Å². The summed E-state index contributed by atoms with van der Waals surface area (Å²) >= 11 is 0. The summed E-state index contributed by atoms with van der Waals surface area (Å²) in [6.07, 6.45) is 0. The lowest BCUT2D eigenvalue weighted by Gasteiger charge is -2.05. The van der Waals surface area contributed by atoms with Gasteiger partial charge in [0.25, 0.3) is 0 Å². The highest BCUT2D eigenvalue weighted by atomic mass is 16.5. The van der Waals surface area contributed by atoms with Crippen LogP contribution in [0.1, 0.15) is 27.6 Å². The van der Waals surface area contributed by atoms with Crippen molar-refractivity contribution in [3.05, 3.63) is 59.7 Å². The SMILES string of the molecule is CC(=O)c1cccc(C(=O)Oc2ccc(O)cc2)c1. The Bertz CT molecular complexity index is 614. The number of esters is 1. The summed E-state index contributed by atoms with van der Waals surface area (Å²) in [7, 11) is 0. The molecule has 0 atom stereocenters. The van der Waals surface area contributed by atoms with E-state index >= 15 is 0 Å². The number of rotatable bonds is 3. The lowest BCUT2D eigenvalue weighted by molar-refractivity contribution is 0.0734. The van der Waals surface area contributed by atoms with Crippen LogP contribution in [0.2, 0.25) is 0 Å². The number of phenols is 1. The van der Waals surface area contributed by atoms with Crippen molar-refractivity contribution in [2.45, 2.75) is 6.92 Å². The number of phenolic OH excluding ortho intramolecular Hbond substituents is 1. The fraction of sp³-hybridized carbons (Fsp3) is 0.0667. The Kier molecular flexibility index (Phi) is 3.61. The molecule has 2 rings (SSSR count). The molecule has 0 aromatic heterocycles. The highest BCUT2D eigenvalue weighted by Gasteiger charge is 2.10. The van der Waals surface area contributed by atoms with Gasteiger partial charge in [-0.15, -0.1) is 0 Å². The van der Waals surface area contributed by atoms with Gasteiger partial charge in [0, 0.05) is 5.56 Å². The summed E-state index contributed by atoms with van der Waals surface area (Å²) in [5, 5.41) is 9.13. The van der Waals surface area contributed by atoms with Gasteiger partial charge in [-0.2, -0.15) is 0 Å². The maximum atomic E-state index is 11.9. The molecule has 1 N–H and O–H groups in total. The van der Waals surface area contributed by atoms with E-state index in [1.807, 2.05) is 0 Å². The predicted molar refractivity (Wildman–Crippen MR) is 69.5 cm³/mol. The molecule has 0 aliphatic carbocycles. The van der Waals surface area contributed by atoms with Crippen molar-refractivity contribution in [3.8, 4) is 11.5 Å². The molecule has 0 bridgehead atoms. The number of hydrogen-bond donors (Lipinski definition) is 1. The summed E-state index contributed by atoms with van der Waals surface area (Å²) in [6.45, 7) is 1.43. The Morgan fingerprint density at radius 3 is 2.26 bits per heavy atom. The Morgan fingerprint density at radius 1 is 1.00 bits per heavy atom. The van der Waals surface area contributed by atoms with Crippen molar-refractivity contribution < 1.29 is 19.4 Å². The van der Waals surface area contributed by atoms with Gasteiger partial charge in [-0.1, -0.05) is 12.1 Å². The van der Waals surface area contributed by atoms with Crippen molar-refractivity contribution in [3.63, 3.8) is 0 Å². The van der Waals surface area contributed by atoms with Gasteiger partial charge in [0.1, 0.15) is 11.5 Å². The first-order chi connectivity index (χ1) is 9.06. The number of aromatic hydroxyl groups is 1. The number of ketones is 1. The molecule has 2 aromatic rings. The third-order valence-electron chi connectivity index (χ3n) is 2.55. The van der Waals surface area contributed by atoms with Crippen LogP contribution in [0.15, 0.2) is 48.5 Å². The van der Waals surface area contributed by atoms with Crippen LogP contribution in [0.3, 0.4) is 0 Å². The monoisotopic (exact) mass is 256 g/mol. The Balaban J connectivity index is 2.18. The smallest absolute Gasteiger partial charge is 0.343 e. The molecule has 4 nitrogen and oxygen atoms in total. The molecular weight excluding hydrogens is 244 g/mol. The second-order valence-corrected chi connectivity index (χ2v) is 4.02. The summed E-state index contributed by atoms with van der Waals surface area (Å²) in [5.41, 5.74) is 0.765. The van der Waals surface area contributed by atoms with Gasteiger partial charge >= 0.3 is 5.97 Å². The maximum absolute atomic E-state index is 11.9. The number of hydrogen-bond acceptors (Lipinski definition) is 4. The molecule has 0 aliphatic rings. The first-order valence-corrected chi connectivity index (χ1v) is 5.68. The van der Waals surface area contributed by atoms with Gasteiger partial charge in [0.2, 0.25) is 0 Å². The number of Topliss-reactive ketones (excluding diaryl/α,β-unsaturated/α-hetero) is 1. The second kappa shape index (κ2) is 5.35. The largest absolute Gasteiger partial charge is 0.508 e. The first kappa shape index (κ1) is 12.8. The Morgan fingerprint density at radius 2 is 1.63 bits per heavy atom. The van der Waals surface area contributed by atoms with E-state index in [1.165, 1.54) is 37.3 Å². The van der Waals surface area contributed by atoms with Gasteiger partial charge in [-0.05, 0) is 43.3 Å². The van der Waals surface area contributed by atoms with Crippen LogP contribution < -0.4 is 4.74 Å². The fourth-order valence-electron chi connectivity index (χ4n) is 1.55. The van der Waals surface area contributed by atoms with E-state index in [4.69, 9.17) is 9.84 Å². The van der Waals surface area contributed by atoms with Crippen LogP contribution in [-0.4, -0.2) is 16.9 Å². The lowest BCUT2D eigenvalue weighted by atomic mass is 10.1. The predicted octanol–water partition coefficient (Wildman–Crippen LogP) is 2.81. The molecule has 0 aliphatic heterocycles. The standard InChI is InChI=1S/C15H12O4/c1-10(16)11-3-2-4-12(9-11)15(18)19-14-7-5-13(17)6-8-14/h2-9,17H,1H3. The van der Waals surface area contributed by atoms with Crippen LogP contribution >= 0.6 is 0 Å². The van der Waals surface area contributed by atoms with Crippen molar-refractivity contribution in [2.75, 3.05) is 0 Å². The molecule has 0 saturated carbocycles. The lowest BCUT2D eigenvalue weighted by Crippen LogP contribution is -2.09. The molecule has 0 fully saturated rings. The molecule has 0 heterocycles. The third-order valence-corrected chi connectivity index (χ3v) is 2.55. The summed E-state index contributed by atoms with van der Waals surface area (Å²) in [5.74, 6) is -0.234. The molecule has 0 radical (unpaired) electrons. The number of ether oxygens (including phenoxy) is 1. The summed E-state index contributed by atoms with van der Waals surface area (Å²) < 4.78 is 5.13. The summed E-state index contributed by atoms with van der Waals surface area (Å²) in [6, 6.07) is 12.2. The van der Waals surface area contributed by atoms with Crippen molar-refractivity contribution in [1.29, 1.82) is 0 Å². The highest BCUT2D eigenvalue weighted by Crippen LogP contribution is 2.17. The van der Waals surface area contributed by atoms with E-state index in [1.54, 1.807) is 18.2 Å². The molecule has 4 heteroatoms. The van der Waals surface area contributed by atoms with E-state index in [9.17, 15) is 9.59 Å². The van der Waals surface area contributed by atoms with Gasteiger partial charge in [-0.3, -0.25) is 4.79 Å². The fourth-order valence-corrected chi connectivity index (χ4v) is 1.55. The maximum Gasteiger partial charge on any atom is 0.343 e. The average Bonchev–Trinajstić information content (AvgIpc) is 2.41. The van der Waals surface area contributed by atoms with Crippen LogP contribution in [0.4, 0.5) is 0 Å². The van der Waals surface area contributed by atoms with Gasteiger partial charge in [0.15, 0.2) is 5.78 Å². The minimum absolute atomic E-state index is 0.0957. The van der Waals surface area contributed by atoms with E-state index in [-0.39, 0.29) is 11.5 Å². The topological polar surface area (TPSA) is 63.6 Å². The quantitative estimate of drug-likeness (QED) is 0.521. The minimum Gasteiger partial charge on any atom is -0.508 e. The molecular formula is C15H12O4. The molecule has 19 heavy (non-hydrogen) atoms. The average molecular weight is 256 g/mol. The molecule has 0 spiro atoms. The van der Waals surface area contributed by atoms with Gasteiger partial charge in [0.05, 0.1) is 5.56 Å². The van der Waals surface area contributed by atoms with E-state index in [2.05, 4.69) is 0 Å². The van der Waals surface area contributed by atoms with E-state index in [0.29, 0.717) is 16.9 Å². The zero-order valence-electron chi connectivity index (χ0n) is 10.3.